The van der Waals surface area contributed by atoms with Crippen molar-refractivity contribution >= 4 is 11.5 Å². The summed E-state index contributed by atoms with van der Waals surface area (Å²) in [4.78, 5) is 1.22. The maximum Gasteiger partial charge on any atom is 0.0801 e. The van der Waals surface area contributed by atoms with Gasteiger partial charge in [0, 0.05) is 0 Å². The molecule has 1 aromatic heterocycles. The smallest absolute Gasteiger partial charge is 0.0801 e. The molecular weight excluding hydrogens is 256 g/mol. The third-order valence-corrected chi connectivity index (χ3v) is 4.41. The van der Waals surface area contributed by atoms with Gasteiger partial charge in [-0.1, -0.05) is 63.3 Å². The number of hydrogen-bond acceptors (Lipinski definition) is 5. The van der Waals surface area contributed by atoms with Gasteiger partial charge in [0.1, 0.15) is 0 Å². The second-order valence-corrected chi connectivity index (χ2v) is 5.85. The topological polar surface area (TPSA) is 63.8 Å². The normalized spacial score (nSPS) is 12.8. The predicted octanol–water partition coefficient (Wildman–Crippen LogP) is 3.75. The van der Waals surface area contributed by atoms with E-state index < -0.39 is 0 Å². The van der Waals surface area contributed by atoms with Crippen molar-refractivity contribution in [1.82, 2.24) is 15.0 Å². The molecule has 1 aromatic rings. The van der Waals surface area contributed by atoms with Gasteiger partial charge in [-0.2, -0.15) is 0 Å². The van der Waals surface area contributed by atoms with E-state index in [0.717, 1.165) is 18.5 Å². The Bertz CT molecular complexity index is 327. The first-order chi connectivity index (χ1) is 9.33. The highest BCUT2D eigenvalue weighted by Gasteiger charge is 2.16. The number of rotatable bonds is 11. The number of unbranched alkanes of at least 4 members (excludes halogenated alkanes) is 6. The van der Waals surface area contributed by atoms with Gasteiger partial charge >= 0.3 is 0 Å². The summed E-state index contributed by atoms with van der Waals surface area (Å²) in [6.45, 7) is 4.37. The SMILES string of the molecule is CCCCCCCCCC(NN)c1snnc1CC. The fourth-order valence-electron chi connectivity index (χ4n) is 2.32. The first-order valence-corrected chi connectivity index (χ1v) is 8.38. The van der Waals surface area contributed by atoms with Gasteiger partial charge in [0.05, 0.1) is 16.6 Å². The van der Waals surface area contributed by atoms with Crippen LogP contribution in [0.15, 0.2) is 0 Å². The standard InChI is InChI=1S/C14H28N4S/c1-3-5-6-7-8-9-10-11-13(16-15)14-12(4-2)17-18-19-14/h13,16H,3-11,15H2,1-2H3. The summed E-state index contributed by atoms with van der Waals surface area (Å²) < 4.78 is 4.04. The molecular formula is C14H28N4S. The minimum atomic E-state index is 0.227. The van der Waals surface area contributed by atoms with Gasteiger partial charge in [-0.25, -0.2) is 0 Å². The zero-order chi connectivity index (χ0) is 13.9. The van der Waals surface area contributed by atoms with Crippen LogP contribution in [0.4, 0.5) is 0 Å². The van der Waals surface area contributed by atoms with E-state index in [-0.39, 0.29) is 6.04 Å². The first-order valence-electron chi connectivity index (χ1n) is 7.60. The lowest BCUT2D eigenvalue weighted by atomic mass is 10.0. The molecule has 1 heterocycles. The number of nitrogens with one attached hydrogen (secondary N) is 1. The summed E-state index contributed by atoms with van der Waals surface area (Å²) >= 11 is 1.48. The van der Waals surface area contributed by atoms with Crippen LogP contribution in [-0.2, 0) is 6.42 Å². The van der Waals surface area contributed by atoms with Crippen LogP contribution in [0.25, 0.3) is 0 Å². The van der Waals surface area contributed by atoms with Gasteiger partial charge in [0.25, 0.3) is 0 Å². The molecule has 0 spiro atoms. The lowest BCUT2D eigenvalue weighted by Gasteiger charge is -2.14. The molecule has 1 unspecified atom stereocenters. The summed E-state index contributed by atoms with van der Waals surface area (Å²) in [6.07, 6.45) is 11.3. The van der Waals surface area contributed by atoms with Crippen molar-refractivity contribution in [3.8, 4) is 0 Å². The van der Waals surface area contributed by atoms with Crippen LogP contribution in [0, 0.1) is 0 Å². The summed E-state index contributed by atoms with van der Waals surface area (Å²) in [6, 6.07) is 0.227. The van der Waals surface area contributed by atoms with Crippen molar-refractivity contribution in [3.05, 3.63) is 10.6 Å². The number of nitrogens with zero attached hydrogens (tertiary/aromatic N) is 2. The molecule has 1 atom stereocenters. The largest absolute Gasteiger partial charge is 0.271 e. The Labute approximate surface area is 121 Å². The van der Waals surface area contributed by atoms with Crippen LogP contribution in [0.3, 0.4) is 0 Å². The molecule has 0 fully saturated rings. The molecule has 110 valence electrons. The molecule has 0 saturated carbocycles. The Morgan fingerprint density at radius 3 is 2.42 bits per heavy atom. The highest BCUT2D eigenvalue weighted by atomic mass is 32.1. The van der Waals surface area contributed by atoms with Crippen molar-refractivity contribution in [2.24, 2.45) is 5.84 Å². The molecule has 1 rings (SSSR count). The van der Waals surface area contributed by atoms with Crippen molar-refractivity contribution < 1.29 is 0 Å². The first kappa shape index (κ1) is 16.5. The quantitative estimate of drug-likeness (QED) is 0.369. The Morgan fingerprint density at radius 2 is 1.79 bits per heavy atom. The fourth-order valence-corrected chi connectivity index (χ4v) is 3.15. The van der Waals surface area contributed by atoms with Crippen molar-refractivity contribution in [1.29, 1.82) is 0 Å². The zero-order valence-corrected chi connectivity index (χ0v) is 13.1. The van der Waals surface area contributed by atoms with E-state index in [1.54, 1.807) is 0 Å². The van der Waals surface area contributed by atoms with Crippen LogP contribution in [0.2, 0.25) is 0 Å². The Balaban J connectivity index is 2.22. The molecule has 19 heavy (non-hydrogen) atoms. The van der Waals surface area contributed by atoms with Gasteiger partial charge in [-0.05, 0) is 24.4 Å². The van der Waals surface area contributed by atoms with E-state index in [1.165, 1.54) is 61.4 Å². The van der Waals surface area contributed by atoms with E-state index >= 15 is 0 Å². The number of hydrazine groups is 1. The average Bonchev–Trinajstić information content (AvgIpc) is 2.90. The molecule has 4 nitrogen and oxygen atoms in total. The van der Waals surface area contributed by atoms with Gasteiger partial charge < -0.3 is 0 Å². The predicted molar refractivity (Wildman–Crippen MR) is 82.0 cm³/mol. The van der Waals surface area contributed by atoms with Crippen molar-refractivity contribution in [3.63, 3.8) is 0 Å². The molecule has 0 radical (unpaired) electrons. The molecule has 3 N–H and O–H groups in total. The Morgan fingerprint density at radius 1 is 1.11 bits per heavy atom. The molecule has 0 bridgehead atoms. The van der Waals surface area contributed by atoms with E-state index in [0.29, 0.717) is 0 Å². The van der Waals surface area contributed by atoms with Crippen LogP contribution in [0.5, 0.6) is 0 Å². The van der Waals surface area contributed by atoms with Gasteiger partial charge in [-0.3, -0.25) is 11.3 Å². The van der Waals surface area contributed by atoms with Crippen LogP contribution < -0.4 is 11.3 Å². The fraction of sp³-hybridized carbons (Fsp3) is 0.857. The molecule has 0 aromatic carbocycles. The third-order valence-electron chi connectivity index (χ3n) is 3.53. The molecule has 0 aliphatic rings. The summed E-state index contributed by atoms with van der Waals surface area (Å²) in [5.74, 6) is 5.67. The minimum absolute atomic E-state index is 0.227. The maximum atomic E-state index is 5.67. The third kappa shape index (κ3) is 5.97. The second-order valence-electron chi connectivity index (χ2n) is 5.07. The molecule has 0 saturated heterocycles. The molecule has 0 aliphatic heterocycles. The second kappa shape index (κ2) is 10.3. The highest BCUT2D eigenvalue weighted by Crippen LogP contribution is 2.25. The van der Waals surface area contributed by atoms with Crippen LogP contribution in [-0.4, -0.2) is 9.59 Å². The lowest BCUT2D eigenvalue weighted by Crippen LogP contribution is -2.28. The summed E-state index contributed by atoms with van der Waals surface area (Å²) in [7, 11) is 0. The zero-order valence-electron chi connectivity index (χ0n) is 12.3. The van der Waals surface area contributed by atoms with Crippen LogP contribution in [0.1, 0.15) is 81.8 Å². The summed E-state index contributed by atoms with van der Waals surface area (Å²) in [5, 5.41) is 4.15. The average molecular weight is 284 g/mol. The van der Waals surface area contributed by atoms with Crippen LogP contribution >= 0.6 is 11.5 Å². The van der Waals surface area contributed by atoms with E-state index in [9.17, 15) is 0 Å². The maximum absolute atomic E-state index is 5.67. The number of aromatic nitrogens is 2. The summed E-state index contributed by atoms with van der Waals surface area (Å²) in [5.41, 5.74) is 4.01. The monoisotopic (exact) mass is 284 g/mol. The minimum Gasteiger partial charge on any atom is -0.271 e. The van der Waals surface area contributed by atoms with E-state index in [1.807, 2.05) is 0 Å². The molecule has 0 aliphatic carbocycles. The molecule has 0 amide bonds. The lowest BCUT2D eigenvalue weighted by molar-refractivity contribution is 0.478. The van der Waals surface area contributed by atoms with E-state index in [4.69, 9.17) is 5.84 Å². The van der Waals surface area contributed by atoms with Gasteiger partial charge in [-0.15, -0.1) is 5.10 Å². The Hall–Kier alpha value is -0.520. The number of aryl methyl sites for hydroxylation is 1. The Kier molecular flexibility index (Phi) is 8.95. The highest BCUT2D eigenvalue weighted by molar-refractivity contribution is 7.05. The number of nitrogens with two attached hydrogens (primary N) is 1. The van der Waals surface area contributed by atoms with Gasteiger partial charge in [0.2, 0.25) is 0 Å². The van der Waals surface area contributed by atoms with Gasteiger partial charge in [0.15, 0.2) is 0 Å². The van der Waals surface area contributed by atoms with E-state index in [2.05, 4.69) is 28.9 Å². The molecule has 5 heteroatoms. The number of hydrogen-bond donors (Lipinski definition) is 2. The van der Waals surface area contributed by atoms with Crippen molar-refractivity contribution in [2.75, 3.05) is 0 Å². The van der Waals surface area contributed by atoms with Crippen molar-refractivity contribution in [2.45, 2.75) is 77.7 Å².